The van der Waals surface area contributed by atoms with E-state index in [4.69, 9.17) is 15.2 Å². The minimum absolute atomic E-state index is 0.640. The smallest absolute Gasteiger partial charge is 0.174 e. The molecule has 0 unspecified atom stereocenters. The van der Waals surface area contributed by atoms with Gasteiger partial charge >= 0.3 is 0 Å². The molecule has 1 fully saturated rings. The summed E-state index contributed by atoms with van der Waals surface area (Å²) in [5.74, 6) is 2.32. The summed E-state index contributed by atoms with van der Waals surface area (Å²) in [4.78, 5) is 0. The van der Waals surface area contributed by atoms with Crippen LogP contribution >= 0.6 is 15.9 Å². The Morgan fingerprint density at radius 1 is 1.41 bits per heavy atom. The van der Waals surface area contributed by atoms with Crippen molar-refractivity contribution in [3.05, 3.63) is 22.2 Å². The van der Waals surface area contributed by atoms with Gasteiger partial charge in [-0.1, -0.05) is 0 Å². The summed E-state index contributed by atoms with van der Waals surface area (Å²) in [6.07, 6.45) is 3.42. The highest BCUT2D eigenvalue weighted by Gasteiger charge is 2.23. The van der Waals surface area contributed by atoms with Gasteiger partial charge in [0, 0.05) is 0 Å². The third kappa shape index (κ3) is 3.36. The van der Waals surface area contributed by atoms with Crippen molar-refractivity contribution < 1.29 is 9.47 Å². The number of halogens is 1. The first-order valence-corrected chi connectivity index (χ1v) is 6.73. The highest BCUT2D eigenvalue weighted by molar-refractivity contribution is 9.10. The molecule has 2 rings (SSSR count). The SMILES string of the molecule is COc1c(Br)cc(CCN)cc1OCC1CC1. The van der Waals surface area contributed by atoms with Gasteiger partial charge < -0.3 is 15.2 Å². The molecule has 0 saturated heterocycles. The van der Waals surface area contributed by atoms with E-state index in [1.807, 2.05) is 12.1 Å². The molecule has 0 bridgehead atoms. The maximum absolute atomic E-state index is 5.82. The molecule has 0 radical (unpaired) electrons. The zero-order chi connectivity index (χ0) is 12.3. The maximum atomic E-state index is 5.82. The predicted molar refractivity (Wildman–Crippen MR) is 71.7 cm³/mol. The highest BCUT2D eigenvalue weighted by Crippen LogP contribution is 2.38. The van der Waals surface area contributed by atoms with Gasteiger partial charge in [-0.25, -0.2) is 0 Å². The van der Waals surface area contributed by atoms with Crippen LogP contribution in [0.3, 0.4) is 0 Å². The van der Waals surface area contributed by atoms with Crippen molar-refractivity contribution in [3.8, 4) is 11.5 Å². The molecule has 0 spiro atoms. The van der Waals surface area contributed by atoms with Crippen molar-refractivity contribution >= 4 is 15.9 Å². The Bertz CT molecular complexity index is 391. The summed E-state index contributed by atoms with van der Waals surface area (Å²) >= 11 is 3.50. The molecular formula is C13H18BrNO2. The molecule has 1 aliphatic rings. The largest absolute Gasteiger partial charge is 0.492 e. The summed E-state index contributed by atoms with van der Waals surface area (Å²) in [5.41, 5.74) is 6.75. The second-order valence-corrected chi connectivity index (χ2v) is 5.26. The second kappa shape index (κ2) is 5.74. The molecule has 4 heteroatoms. The first kappa shape index (κ1) is 12.7. The molecule has 94 valence electrons. The number of ether oxygens (including phenoxy) is 2. The second-order valence-electron chi connectivity index (χ2n) is 4.40. The zero-order valence-electron chi connectivity index (χ0n) is 10.0. The quantitative estimate of drug-likeness (QED) is 0.878. The van der Waals surface area contributed by atoms with Gasteiger partial charge in [0.1, 0.15) is 0 Å². The predicted octanol–water partition coefficient (Wildman–Crippen LogP) is 2.75. The van der Waals surface area contributed by atoms with E-state index < -0.39 is 0 Å². The van der Waals surface area contributed by atoms with E-state index >= 15 is 0 Å². The molecule has 1 aliphatic carbocycles. The molecule has 17 heavy (non-hydrogen) atoms. The van der Waals surface area contributed by atoms with E-state index in [1.54, 1.807) is 7.11 Å². The number of hydrogen-bond donors (Lipinski definition) is 1. The van der Waals surface area contributed by atoms with Crippen molar-refractivity contribution in [2.45, 2.75) is 19.3 Å². The lowest BCUT2D eigenvalue weighted by Crippen LogP contribution is -2.05. The Kier molecular flexibility index (Phi) is 4.29. The standard InChI is InChI=1S/C13H18BrNO2/c1-16-13-11(14)6-10(4-5-15)7-12(13)17-8-9-2-3-9/h6-7,9H,2-5,8,15H2,1H3. The van der Waals surface area contributed by atoms with E-state index in [-0.39, 0.29) is 0 Å². The van der Waals surface area contributed by atoms with Gasteiger partial charge in [-0.15, -0.1) is 0 Å². The van der Waals surface area contributed by atoms with E-state index in [0.717, 1.165) is 34.9 Å². The lowest BCUT2D eigenvalue weighted by molar-refractivity contribution is 0.279. The van der Waals surface area contributed by atoms with Crippen LogP contribution in [0.2, 0.25) is 0 Å². The van der Waals surface area contributed by atoms with Crippen molar-refractivity contribution in [1.29, 1.82) is 0 Å². The van der Waals surface area contributed by atoms with Gasteiger partial charge in [0.2, 0.25) is 0 Å². The van der Waals surface area contributed by atoms with Crippen molar-refractivity contribution in [3.63, 3.8) is 0 Å². The molecule has 0 aromatic heterocycles. The third-order valence-corrected chi connectivity index (χ3v) is 3.47. The number of rotatable bonds is 6. The summed E-state index contributed by atoms with van der Waals surface area (Å²) in [7, 11) is 1.66. The lowest BCUT2D eigenvalue weighted by Gasteiger charge is -2.13. The Balaban J connectivity index is 2.17. The monoisotopic (exact) mass is 299 g/mol. The number of benzene rings is 1. The van der Waals surface area contributed by atoms with Gasteiger partial charge in [0.25, 0.3) is 0 Å². The third-order valence-electron chi connectivity index (χ3n) is 2.88. The molecule has 1 saturated carbocycles. The first-order chi connectivity index (χ1) is 8.24. The summed E-state index contributed by atoms with van der Waals surface area (Å²) in [5, 5.41) is 0. The molecule has 0 amide bonds. The van der Waals surface area contributed by atoms with Crippen LogP contribution in [-0.4, -0.2) is 20.3 Å². The number of hydrogen-bond acceptors (Lipinski definition) is 3. The maximum Gasteiger partial charge on any atom is 0.174 e. The highest BCUT2D eigenvalue weighted by atomic mass is 79.9. The van der Waals surface area contributed by atoms with Crippen LogP contribution < -0.4 is 15.2 Å². The molecule has 0 heterocycles. The fourth-order valence-electron chi connectivity index (χ4n) is 1.73. The summed E-state index contributed by atoms with van der Waals surface area (Å²) < 4.78 is 12.1. The van der Waals surface area contributed by atoms with Crippen molar-refractivity contribution in [1.82, 2.24) is 0 Å². The molecule has 2 N–H and O–H groups in total. The van der Waals surface area contributed by atoms with Gasteiger partial charge in [-0.05, 0) is 65.4 Å². The van der Waals surface area contributed by atoms with Gasteiger partial charge in [-0.2, -0.15) is 0 Å². The molecule has 1 aromatic carbocycles. The fraction of sp³-hybridized carbons (Fsp3) is 0.538. The summed E-state index contributed by atoms with van der Waals surface area (Å²) in [6.45, 7) is 1.43. The fourth-order valence-corrected chi connectivity index (χ4v) is 2.38. The molecule has 3 nitrogen and oxygen atoms in total. The number of nitrogens with two attached hydrogens (primary N) is 1. The van der Waals surface area contributed by atoms with Crippen molar-refractivity contribution in [2.75, 3.05) is 20.3 Å². The molecule has 1 aromatic rings. The molecule has 0 atom stereocenters. The van der Waals surface area contributed by atoms with Gasteiger partial charge in [0.05, 0.1) is 18.2 Å². The average molecular weight is 300 g/mol. The zero-order valence-corrected chi connectivity index (χ0v) is 11.6. The van der Waals surface area contributed by atoms with E-state index in [0.29, 0.717) is 6.54 Å². The van der Waals surface area contributed by atoms with E-state index in [9.17, 15) is 0 Å². The van der Waals surface area contributed by atoms with Crippen LogP contribution in [0.4, 0.5) is 0 Å². The van der Waals surface area contributed by atoms with Crippen LogP contribution in [0, 0.1) is 5.92 Å². The van der Waals surface area contributed by atoms with Crippen LogP contribution in [0.25, 0.3) is 0 Å². The van der Waals surface area contributed by atoms with E-state index in [1.165, 1.54) is 18.4 Å². The van der Waals surface area contributed by atoms with Crippen LogP contribution in [0.15, 0.2) is 16.6 Å². The first-order valence-electron chi connectivity index (χ1n) is 5.94. The average Bonchev–Trinajstić information content (AvgIpc) is 3.10. The Morgan fingerprint density at radius 3 is 2.76 bits per heavy atom. The van der Waals surface area contributed by atoms with Gasteiger partial charge in [-0.3, -0.25) is 0 Å². The topological polar surface area (TPSA) is 44.5 Å². The Hall–Kier alpha value is -0.740. The van der Waals surface area contributed by atoms with Crippen LogP contribution in [0.5, 0.6) is 11.5 Å². The minimum Gasteiger partial charge on any atom is -0.492 e. The molecular weight excluding hydrogens is 282 g/mol. The Morgan fingerprint density at radius 2 is 2.18 bits per heavy atom. The van der Waals surface area contributed by atoms with Crippen LogP contribution in [0.1, 0.15) is 18.4 Å². The van der Waals surface area contributed by atoms with Crippen LogP contribution in [-0.2, 0) is 6.42 Å². The Labute approximate surface area is 110 Å². The normalized spacial score (nSPS) is 14.8. The lowest BCUT2D eigenvalue weighted by atomic mass is 10.1. The number of methoxy groups -OCH3 is 1. The van der Waals surface area contributed by atoms with Crippen molar-refractivity contribution in [2.24, 2.45) is 11.7 Å². The minimum atomic E-state index is 0.640. The van der Waals surface area contributed by atoms with Gasteiger partial charge in [0.15, 0.2) is 11.5 Å². The molecule has 0 aliphatic heterocycles. The van der Waals surface area contributed by atoms with E-state index in [2.05, 4.69) is 15.9 Å². The summed E-state index contributed by atoms with van der Waals surface area (Å²) in [6, 6.07) is 4.06.